The number of rotatable bonds is 3. The highest BCUT2D eigenvalue weighted by molar-refractivity contribution is 7.12. The van der Waals surface area contributed by atoms with Crippen molar-refractivity contribution < 1.29 is 0 Å². The van der Waals surface area contributed by atoms with Crippen molar-refractivity contribution in [1.29, 1.82) is 0 Å². The van der Waals surface area contributed by atoms with Gasteiger partial charge in [0.2, 0.25) is 0 Å². The van der Waals surface area contributed by atoms with Crippen LogP contribution in [0.2, 0.25) is 15.2 Å². The van der Waals surface area contributed by atoms with Crippen molar-refractivity contribution in [2.24, 2.45) is 5.10 Å². The Morgan fingerprint density at radius 2 is 2.05 bits per heavy atom. The Bertz CT molecular complexity index is 639. The van der Waals surface area contributed by atoms with Crippen molar-refractivity contribution in [3.8, 4) is 0 Å². The van der Waals surface area contributed by atoms with Crippen LogP contribution in [0.1, 0.15) is 17.5 Å². The molecule has 19 heavy (non-hydrogen) atoms. The second-order valence-corrected chi connectivity index (χ2v) is 5.69. The van der Waals surface area contributed by atoms with Gasteiger partial charge in [0.15, 0.2) is 5.82 Å². The van der Waals surface area contributed by atoms with Gasteiger partial charge in [0.1, 0.15) is 5.15 Å². The third-order valence-electron chi connectivity index (χ3n) is 2.29. The maximum absolute atomic E-state index is 5.99. The first-order chi connectivity index (χ1) is 8.99. The summed E-state index contributed by atoms with van der Waals surface area (Å²) >= 11 is 19.1. The molecule has 2 rings (SSSR count). The SMILES string of the molecule is CC(=NNc1nc(Cl)c(Cl)cc1Cl)c1scnc1C. The Balaban J connectivity index is 2.23. The summed E-state index contributed by atoms with van der Waals surface area (Å²) in [6.45, 7) is 3.80. The molecule has 2 heterocycles. The molecular weight excluding hydrogens is 327 g/mol. The largest absolute Gasteiger partial charge is 0.260 e. The van der Waals surface area contributed by atoms with Gasteiger partial charge < -0.3 is 0 Å². The summed E-state index contributed by atoms with van der Waals surface area (Å²) in [6.07, 6.45) is 0. The maximum Gasteiger partial charge on any atom is 0.166 e. The number of aromatic nitrogens is 2. The van der Waals surface area contributed by atoms with Gasteiger partial charge in [-0.15, -0.1) is 11.3 Å². The number of hydrogen-bond acceptors (Lipinski definition) is 5. The van der Waals surface area contributed by atoms with Crippen LogP contribution in [0.3, 0.4) is 0 Å². The lowest BCUT2D eigenvalue weighted by molar-refractivity contribution is 1.21. The Morgan fingerprint density at radius 1 is 1.32 bits per heavy atom. The van der Waals surface area contributed by atoms with Gasteiger partial charge in [0, 0.05) is 0 Å². The number of halogens is 3. The van der Waals surface area contributed by atoms with Crippen LogP contribution in [-0.4, -0.2) is 15.7 Å². The number of hydrazone groups is 1. The van der Waals surface area contributed by atoms with E-state index in [1.165, 1.54) is 17.4 Å². The first-order valence-corrected chi connectivity index (χ1v) is 7.22. The summed E-state index contributed by atoms with van der Waals surface area (Å²) in [5.41, 5.74) is 6.28. The van der Waals surface area contributed by atoms with Gasteiger partial charge in [-0.25, -0.2) is 9.97 Å². The summed E-state index contributed by atoms with van der Waals surface area (Å²) in [5, 5.41) is 5.05. The topological polar surface area (TPSA) is 50.2 Å². The smallest absolute Gasteiger partial charge is 0.166 e. The van der Waals surface area contributed by atoms with Crippen LogP contribution in [0, 0.1) is 6.92 Å². The Morgan fingerprint density at radius 3 is 2.68 bits per heavy atom. The fraction of sp³-hybridized carbons (Fsp3) is 0.182. The molecule has 0 aromatic carbocycles. The van der Waals surface area contributed by atoms with Crippen molar-refractivity contribution in [3.63, 3.8) is 0 Å². The van der Waals surface area contributed by atoms with E-state index < -0.39 is 0 Å². The zero-order valence-corrected chi connectivity index (χ0v) is 13.1. The standard InChI is InChI=1S/C11H9Cl3N4S/c1-5-9(19-4-15-5)6(2)17-18-11-8(13)3-7(12)10(14)16-11/h3-4H,1-2H3,(H,16,18). The number of nitrogens with zero attached hydrogens (tertiary/aromatic N) is 3. The number of aryl methyl sites for hydroxylation is 1. The van der Waals surface area contributed by atoms with Gasteiger partial charge in [-0.2, -0.15) is 5.10 Å². The normalized spacial score (nSPS) is 11.7. The fourth-order valence-electron chi connectivity index (χ4n) is 1.36. The minimum atomic E-state index is 0.176. The third kappa shape index (κ3) is 3.36. The molecule has 0 bridgehead atoms. The van der Waals surface area contributed by atoms with Gasteiger partial charge in [-0.05, 0) is 19.9 Å². The molecule has 0 spiro atoms. The minimum absolute atomic E-state index is 0.176. The molecule has 0 aliphatic carbocycles. The highest BCUT2D eigenvalue weighted by Gasteiger charge is 2.08. The average molecular weight is 336 g/mol. The van der Waals surface area contributed by atoms with E-state index in [2.05, 4.69) is 20.5 Å². The molecule has 2 aromatic rings. The van der Waals surface area contributed by atoms with E-state index in [0.29, 0.717) is 15.9 Å². The number of nitrogens with one attached hydrogen (secondary N) is 1. The number of anilines is 1. The van der Waals surface area contributed by atoms with Crippen molar-refractivity contribution >= 4 is 57.7 Å². The second-order valence-electron chi connectivity index (χ2n) is 3.67. The zero-order valence-electron chi connectivity index (χ0n) is 10.0. The molecule has 0 aliphatic heterocycles. The van der Waals surface area contributed by atoms with Gasteiger partial charge in [0.25, 0.3) is 0 Å². The van der Waals surface area contributed by atoms with Crippen molar-refractivity contribution in [3.05, 3.63) is 37.3 Å². The molecule has 0 unspecified atom stereocenters. The lowest BCUT2D eigenvalue weighted by atomic mass is 10.3. The molecule has 0 radical (unpaired) electrons. The van der Waals surface area contributed by atoms with Gasteiger partial charge in [-0.1, -0.05) is 34.8 Å². The average Bonchev–Trinajstić information content (AvgIpc) is 2.78. The Hall–Kier alpha value is -0.880. The predicted molar refractivity (Wildman–Crippen MR) is 82.0 cm³/mol. The van der Waals surface area contributed by atoms with Crippen LogP contribution in [0.4, 0.5) is 5.82 Å². The molecule has 8 heteroatoms. The van der Waals surface area contributed by atoms with Gasteiger partial charge in [-0.3, -0.25) is 5.43 Å². The Labute approximate surface area is 129 Å². The lowest BCUT2D eigenvalue weighted by Crippen LogP contribution is -2.01. The van der Waals surface area contributed by atoms with E-state index in [9.17, 15) is 0 Å². The molecular formula is C11H9Cl3N4S. The molecule has 0 saturated heterocycles. The highest BCUT2D eigenvalue weighted by Crippen LogP contribution is 2.28. The third-order valence-corrected chi connectivity index (χ3v) is 4.29. The molecule has 4 nitrogen and oxygen atoms in total. The number of pyridine rings is 1. The van der Waals surface area contributed by atoms with E-state index in [0.717, 1.165) is 16.3 Å². The molecule has 0 amide bonds. The van der Waals surface area contributed by atoms with E-state index in [1.807, 2.05) is 13.8 Å². The van der Waals surface area contributed by atoms with Crippen LogP contribution in [0.5, 0.6) is 0 Å². The number of thiazole rings is 1. The van der Waals surface area contributed by atoms with E-state index in [4.69, 9.17) is 34.8 Å². The second kappa shape index (κ2) is 6.05. The van der Waals surface area contributed by atoms with E-state index in [1.54, 1.807) is 5.51 Å². The van der Waals surface area contributed by atoms with Gasteiger partial charge >= 0.3 is 0 Å². The Kier molecular flexibility index (Phi) is 4.62. The fourth-order valence-corrected chi connectivity index (χ4v) is 2.65. The van der Waals surface area contributed by atoms with Gasteiger partial charge in [0.05, 0.1) is 31.8 Å². The monoisotopic (exact) mass is 334 g/mol. The summed E-state index contributed by atoms with van der Waals surface area (Å²) < 4.78 is 0. The molecule has 0 aliphatic rings. The summed E-state index contributed by atoms with van der Waals surface area (Å²) in [5.74, 6) is 0.359. The van der Waals surface area contributed by atoms with Crippen LogP contribution >= 0.6 is 46.1 Å². The van der Waals surface area contributed by atoms with E-state index >= 15 is 0 Å². The van der Waals surface area contributed by atoms with Crippen LogP contribution in [0.15, 0.2) is 16.7 Å². The first kappa shape index (κ1) is 14.5. The first-order valence-electron chi connectivity index (χ1n) is 5.21. The lowest BCUT2D eigenvalue weighted by Gasteiger charge is -2.05. The van der Waals surface area contributed by atoms with E-state index in [-0.39, 0.29) is 5.15 Å². The van der Waals surface area contributed by atoms with Crippen molar-refractivity contribution in [2.45, 2.75) is 13.8 Å². The zero-order chi connectivity index (χ0) is 14.0. The minimum Gasteiger partial charge on any atom is -0.260 e. The molecule has 0 saturated carbocycles. The molecule has 0 fully saturated rings. The summed E-state index contributed by atoms with van der Waals surface area (Å²) in [6, 6.07) is 1.52. The predicted octanol–water partition coefficient (Wildman–Crippen LogP) is 4.64. The molecule has 0 atom stereocenters. The van der Waals surface area contributed by atoms with Crippen LogP contribution in [-0.2, 0) is 0 Å². The molecule has 2 aromatic heterocycles. The quantitative estimate of drug-likeness (QED) is 0.505. The number of hydrogen-bond donors (Lipinski definition) is 1. The van der Waals surface area contributed by atoms with Crippen molar-refractivity contribution in [2.75, 3.05) is 5.43 Å². The van der Waals surface area contributed by atoms with Crippen molar-refractivity contribution in [1.82, 2.24) is 9.97 Å². The summed E-state index contributed by atoms with van der Waals surface area (Å²) in [4.78, 5) is 9.19. The highest BCUT2D eigenvalue weighted by atomic mass is 35.5. The van der Waals surface area contributed by atoms with Crippen LogP contribution in [0.25, 0.3) is 0 Å². The molecule has 100 valence electrons. The van der Waals surface area contributed by atoms with Crippen LogP contribution < -0.4 is 5.43 Å². The summed E-state index contributed by atoms with van der Waals surface area (Å²) in [7, 11) is 0. The molecule has 1 N–H and O–H groups in total. The maximum atomic E-state index is 5.99.